The van der Waals surface area contributed by atoms with Crippen LogP contribution in [-0.4, -0.2) is 10.7 Å². The Morgan fingerprint density at radius 2 is 1.50 bits per heavy atom. The molecule has 0 unspecified atom stereocenters. The first kappa shape index (κ1) is 19.8. The van der Waals surface area contributed by atoms with Crippen LogP contribution < -0.4 is 0 Å². The molecule has 81 valence electrons. The van der Waals surface area contributed by atoms with Crippen LogP contribution in [0.4, 0.5) is 0 Å². The molecule has 0 amide bonds. The Morgan fingerprint density at radius 1 is 1.07 bits per heavy atom. The second-order valence-corrected chi connectivity index (χ2v) is 3.47. The molecular formula is C10H16Cl2OV. The maximum atomic E-state index is 9.47. The van der Waals surface area contributed by atoms with Crippen LogP contribution in [0.25, 0.3) is 0 Å². The molecule has 0 fully saturated rings. The molecule has 1 rings (SSSR count). The minimum Gasteiger partial charge on any atom is -0.390 e. The van der Waals surface area contributed by atoms with Crippen molar-refractivity contribution in [1.29, 1.82) is 0 Å². The van der Waals surface area contributed by atoms with E-state index in [-0.39, 0.29) is 43.4 Å². The van der Waals surface area contributed by atoms with E-state index in [0.717, 1.165) is 0 Å². The van der Waals surface area contributed by atoms with Gasteiger partial charge in [0.1, 0.15) is 0 Å². The van der Waals surface area contributed by atoms with E-state index in [1.54, 1.807) is 0 Å². The predicted octanol–water partition coefficient (Wildman–Crippen LogP) is 2.84. The molecule has 1 nitrogen and oxygen atoms in total. The summed E-state index contributed by atoms with van der Waals surface area (Å²) in [4.78, 5) is 0. The van der Waals surface area contributed by atoms with Crippen molar-refractivity contribution in [1.82, 2.24) is 0 Å². The zero-order valence-electron chi connectivity index (χ0n) is 8.30. The molecule has 0 saturated carbocycles. The Hall–Kier alpha value is 0.344. The van der Waals surface area contributed by atoms with Crippen molar-refractivity contribution in [3.8, 4) is 0 Å². The zero-order chi connectivity index (χ0) is 8.32. The minimum absolute atomic E-state index is 0. The van der Waals surface area contributed by atoms with Crippen LogP contribution in [-0.2, 0) is 25.0 Å². The van der Waals surface area contributed by atoms with Gasteiger partial charge in [-0.15, -0.1) is 24.8 Å². The maximum absolute atomic E-state index is 9.47. The summed E-state index contributed by atoms with van der Waals surface area (Å²) in [6, 6.07) is 10.0. The third-order valence-corrected chi connectivity index (χ3v) is 1.48. The van der Waals surface area contributed by atoms with E-state index in [1.807, 2.05) is 44.2 Å². The third kappa shape index (κ3) is 8.92. The maximum Gasteiger partial charge on any atom is 0.0631 e. The van der Waals surface area contributed by atoms with E-state index >= 15 is 0 Å². The van der Waals surface area contributed by atoms with Gasteiger partial charge in [-0.2, -0.15) is 0 Å². The fourth-order valence-corrected chi connectivity index (χ4v) is 1.10. The Balaban J connectivity index is -0.000000403. The van der Waals surface area contributed by atoms with E-state index in [4.69, 9.17) is 0 Å². The second-order valence-electron chi connectivity index (χ2n) is 3.47. The van der Waals surface area contributed by atoms with Gasteiger partial charge < -0.3 is 5.11 Å². The molecule has 0 saturated heterocycles. The Morgan fingerprint density at radius 3 is 1.86 bits per heavy atom. The number of hydrogen-bond donors (Lipinski definition) is 1. The smallest absolute Gasteiger partial charge is 0.0631 e. The average molecular weight is 274 g/mol. The van der Waals surface area contributed by atoms with Crippen molar-refractivity contribution >= 4 is 24.8 Å². The van der Waals surface area contributed by atoms with Crippen LogP contribution in [0.15, 0.2) is 30.3 Å². The first-order valence-electron chi connectivity index (χ1n) is 3.84. The number of aliphatic hydroxyl groups is 1. The monoisotopic (exact) mass is 273 g/mol. The molecule has 0 bridgehead atoms. The van der Waals surface area contributed by atoms with Crippen molar-refractivity contribution in [2.24, 2.45) is 0 Å². The van der Waals surface area contributed by atoms with E-state index in [1.165, 1.54) is 5.56 Å². The summed E-state index contributed by atoms with van der Waals surface area (Å²) in [7, 11) is 0. The molecule has 0 atom stereocenters. The zero-order valence-corrected chi connectivity index (χ0v) is 11.3. The van der Waals surface area contributed by atoms with Gasteiger partial charge >= 0.3 is 0 Å². The van der Waals surface area contributed by atoms with Gasteiger partial charge in [-0.05, 0) is 19.4 Å². The van der Waals surface area contributed by atoms with Crippen LogP contribution in [0.3, 0.4) is 0 Å². The summed E-state index contributed by atoms with van der Waals surface area (Å²) in [5.74, 6) is 0. The molecule has 0 aliphatic heterocycles. The molecule has 1 aromatic rings. The Kier molecular flexibility index (Phi) is 12.2. The normalized spacial score (nSPS) is 9.07. The van der Waals surface area contributed by atoms with Gasteiger partial charge in [-0.25, -0.2) is 0 Å². The first-order valence-corrected chi connectivity index (χ1v) is 3.84. The number of rotatable bonds is 2. The van der Waals surface area contributed by atoms with Crippen molar-refractivity contribution in [2.75, 3.05) is 0 Å². The van der Waals surface area contributed by atoms with Crippen molar-refractivity contribution in [3.63, 3.8) is 0 Å². The van der Waals surface area contributed by atoms with Gasteiger partial charge in [-0.3, -0.25) is 0 Å². The molecule has 0 aliphatic carbocycles. The SMILES string of the molecule is CC(C)(O)Cc1ccccc1.Cl.Cl.[V]. The van der Waals surface area contributed by atoms with E-state index in [2.05, 4.69) is 0 Å². The van der Waals surface area contributed by atoms with E-state index < -0.39 is 5.60 Å². The number of halogens is 2. The predicted molar refractivity (Wildman–Crippen MR) is 60.9 cm³/mol. The Labute approximate surface area is 110 Å². The quantitative estimate of drug-likeness (QED) is 0.879. The summed E-state index contributed by atoms with van der Waals surface area (Å²) in [6.07, 6.45) is 0.716. The van der Waals surface area contributed by atoms with Crippen molar-refractivity contribution in [2.45, 2.75) is 25.9 Å². The van der Waals surface area contributed by atoms with E-state index in [0.29, 0.717) is 6.42 Å². The van der Waals surface area contributed by atoms with Gasteiger partial charge in [-0.1, -0.05) is 30.3 Å². The van der Waals surface area contributed by atoms with Crippen LogP contribution in [0, 0.1) is 0 Å². The molecule has 1 radical (unpaired) electrons. The summed E-state index contributed by atoms with van der Waals surface area (Å²) in [5.41, 5.74) is 0.585. The Bertz CT molecular complexity index is 221. The third-order valence-electron chi connectivity index (χ3n) is 1.48. The average Bonchev–Trinajstić information content (AvgIpc) is 1.85. The van der Waals surface area contributed by atoms with Crippen LogP contribution in [0.2, 0.25) is 0 Å². The largest absolute Gasteiger partial charge is 0.390 e. The van der Waals surface area contributed by atoms with Gasteiger partial charge in [0, 0.05) is 25.0 Å². The second kappa shape index (κ2) is 8.64. The molecule has 0 heterocycles. The summed E-state index contributed by atoms with van der Waals surface area (Å²) < 4.78 is 0. The van der Waals surface area contributed by atoms with Gasteiger partial charge in [0.15, 0.2) is 0 Å². The summed E-state index contributed by atoms with van der Waals surface area (Å²) in [5, 5.41) is 9.47. The van der Waals surface area contributed by atoms with Crippen LogP contribution >= 0.6 is 24.8 Å². The van der Waals surface area contributed by atoms with E-state index in [9.17, 15) is 5.11 Å². The van der Waals surface area contributed by atoms with Crippen molar-refractivity contribution < 1.29 is 23.7 Å². The fourth-order valence-electron chi connectivity index (χ4n) is 1.10. The van der Waals surface area contributed by atoms with Crippen molar-refractivity contribution in [3.05, 3.63) is 35.9 Å². The van der Waals surface area contributed by atoms with Gasteiger partial charge in [0.25, 0.3) is 0 Å². The molecule has 1 N–H and O–H groups in total. The van der Waals surface area contributed by atoms with Crippen LogP contribution in [0.5, 0.6) is 0 Å². The molecule has 14 heavy (non-hydrogen) atoms. The molecular weight excluding hydrogens is 258 g/mol. The minimum atomic E-state index is -0.596. The van der Waals surface area contributed by atoms with Gasteiger partial charge in [0.05, 0.1) is 5.60 Å². The summed E-state index contributed by atoms with van der Waals surface area (Å²) >= 11 is 0. The standard InChI is InChI=1S/C10H14O.2ClH.V/c1-10(2,11)8-9-6-4-3-5-7-9;;;/h3-7,11H,8H2,1-2H3;2*1H;. The van der Waals surface area contributed by atoms with Gasteiger partial charge in [0.2, 0.25) is 0 Å². The number of hydrogen-bond acceptors (Lipinski definition) is 1. The fraction of sp³-hybridized carbons (Fsp3) is 0.400. The molecule has 4 heteroatoms. The molecule has 0 aliphatic rings. The first-order chi connectivity index (χ1) is 5.08. The van der Waals surface area contributed by atoms with Crippen LogP contribution in [0.1, 0.15) is 19.4 Å². The summed E-state index contributed by atoms with van der Waals surface area (Å²) in [6.45, 7) is 3.64. The molecule has 0 aromatic heterocycles. The molecule has 0 spiro atoms. The molecule has 1 aromatic carbocycles. The topological polar surface area (TPSA) is 20.2 Å². The number of benzene rings is 1.